The van der Waals surface area contributed by atoms with Gasteiger partial charge in [0.2, 0.25) is 0 Å². The van der Waals surface area contributed by atoms with Gasteiger partial charge in [-0.2, -0.15) is 0 Å². The van der Waals surface area contributed by atoms with E-state index in [1.807, 2.05) is 0 Å². The Balaban J connectivity index is 3.01. The lowest BCUT2D eigenvalue weighted by Gasteiger charge is -2.27. The van der Waals surface area contributed by atoms with Crippen molar-refractivity contribution in [2.24, 2.45) is 0 Å². The largest absolute Gasteiger partial charge is 0.394 e. The van der Waals surface area contributed by atoms with Gasteiger partial charge in [-0.1, -0.05) is 6.92 Å². The van der Waals surface area contributed by atoms with Crippen molar-refractivity contribution in [1.82, 2.24) is 5.32 Å². The van der Waals surface area contributed by atoms with E-state index in [0.29, 0.717) is 18.6 Å². The minimum Gasteiger partial charge on any atom is -0.394 e. The summed E-state index contributed by atoms with van der Waals surface area (Å²) in [5, 5.41) is 11.5. The van der Waals surface area contributed by atoms with Crippen molar-refractivity contribution < 1.29 is 23.1 Å². The molecular weight excluding hydrogens is 247 g/mol. The fraction of sp³-hybridized carbons (Fsp3) is 0.417. The quantitative estimate of drug-likeness (QED) is 0.814. The molecule has 0 aromatic heterocycles. The zero-order chi connectivity index (χ0) is 13.9. The molecule has 0 aliphatic rings. The van der Waals surface area contributed by atoms with Gasteiger partial charge in [-0.3, -0.25) is 4.79 Å². The SMILES string of the molecule is CCC(C)(CO)NC(=O)c1cc(F)c(F)cc1F. The minimum atomic E-state index is -1.36. The molecule has 0 aliphatic carbocycles. The van der Waals surface area contributed by atoms with E-state index in [-0.39, 0.29) is 6.61 Å². The van der Waals surface area contributed by atoms with Crippen LogP contribution in [0.2, 0.25) is 0 Å². The zero-order valence-electron chi connectivity index (χ0n) is 10.1. The maximum absolute atomic E-state index is 13.3. The average molecular weight is 261 g/mol. The summed E-state index contributed by atoms with van der Waals surface area (Å²) in [5.74, 6) is -4.71. The predicted molar refractivity (Wildman–Crippen MR) is 59.6 cm³/mol. The van der Waals surface area contributed by atoms with Crippen LogP contribution in [0, 0.1) is 17.5 Å². The van der Waals surface area contributed by atoms with Crippen LogP contribution in [0.1, 0.15) is 30.6 Å². The zero-order valence-corrected chi connectivity index (χ0v) is 10.1. The molecule has 0 heterocycles. The third kappa shape index (κ3) is 3.01. The number of amides is 1. The Labute approximate surface area is 103 Å². The van der Waals surface area contributed by atoms with E-state index in [0.717, 1.165) is 0 Å². The molecule has 1 amide bonds. The summed E-state index contributed by atoms with van der Waals surface area (Å²) in [7, 11) is 0. The second-order valence-electron chi connectivity index (χ2n) is 4.27. The third-order valence-corrected chi connectivity index (χ3v) is 2.80. The number of aliphatic hydroxyl groups excluding tert-OH is 1. The Morgan fingerprint density at radius 3 is 2.33 bits per heavy atom. The molecule has 0 saturated heterocycles. The van der Waals surface area contributed by atoms with E-state index in [4.69, 9.17) is 5.11 Å². The van der Waals surface area contributed by atoms with Crippen LogP contribution in [0.15, 0.2) is 12.1 Å². The van der Waals surface area contributed by atoms with Gasteiger partial charge >= 0.3 is 0 Å². The average Bonchev–Trinajstić information content (AvgIpc) is 2.33. The molecule has 1 aromatic rings. The van der Waals surface area contributed by atoms with Crippen molar-refractivity contribution in [3.8, 4) is 0 Å². The Kier molecular flexibility index (Phi) is 4.34. The lowest BCUT2D eigenvalue weighted by Crippen LogP contribution is -2.48. The Morgan fingerprint density at radius 1 is 1.28 bits per heavy atom. The molecule has 1 aromatic carbocycles. The Hall–Kier alpha value is -1.56. The van der Waals surface area contributed by atoms with E-state index in [1.165, 1.54) is 0 Å². The highest BCUT2D eigenvalue weighted by molar-refractivity contribution is 5.95. The molecular formula is C12H14F3NO2. The molecule has 1 rings (SSSR count). The van der Waals surface area contributed by atoms with Crippen LogP contribution in [-0.2, 0) is 0 Å². The Morgan fingerprint density at radius 2 is 1.83 bits per heavy atom. The molecule has 3 nitrogen and oxygen atoms in total. The number of hydrogen-bond donors (Lipinski definition) is 2. The number of carbonyl (C=O) groups is 1. The maximum Gasteiger partial charge on any atom is 0.254 e. The molecule has 1 unspecified atom stereocenters. The van der Waals surface area contributed by atoms with E-state index in [1.54, 1.807) is 13.8 Å². The highest BCUT2D eigenvalue weighted by Crippen LogP contribution is 2.16. The van der Waals surface area contributed by atoms with Gasteiger partial charge in [0.05, 0.1) is 17.7 Å². The predicted octanol–water partition coefficient (Wildman–Crippen LogP) is 1.99. The van der Waals surface area contributed by atoms with Crippen LogP contribution in [0.4, 0.5) is 13.2 Å². The molecule has 0 radical (unpaired) electrons. The molecule has 6 heteroatoms. The van der Waals surface area contributed by atoms with Gasteiger partial charge < -0.3 is 10.4 Å². The standard InChI is InChI=1S/C12H14F3NO2/c1-3-12(2,6-17)16-11(18)7-4-9(14)10(15)5-8(7)13/h4-5,17H,3,6H2,1-2H3,(H,16,18). The van der Waals surface area contributed by atoms with Crippen LogP contribution in [0.3, 0.4) is 0 Å². The molecule has 0 spiro atoms. The van der Waals surface area contributed by atoms with Crippen molar-refractivity contribution in [2.75, 3.05) is 6.61 Å². The summed E-state index contributed by atoms with van der Waals surface area (Å²) in [5.41, 5.74) is -1.53. The topological polar surface area (TPSA) is 49.3 Å². The number of rotatable bonds is 4. The molecule has 100 valence electrons. The van der Waals surface area contributed by atoms with E-state index in [2.05, 4.69) is 5.32 Å². The number of aliphatic hydroxyl groups is 1. The number of benzene rings is 1. The summed E-state index contributed by atoms with van der Waals surface area (Å²) in [4.78, 5) is 11.7. The first-order chi connectivity index (χ1) is 8.33. The van der Waals surface area contributed by atoms with Crippen LogP contribution in [0.5, 0.6) is 0 Å². The summed E-state index contributed by atoms with van der Waals surface area (Å²) in [6, 6.07) is 0.805. The lowest BCUT2D eigenvalue weighted by molar-refractivity contribution is 0.0842. The maximum atomic E-state index is 13.3. The van der Waals surface area contributed by atoms with Crippen molar-refractivity contribution in [2.45, 2.75) is 25.8 Å². The molecule has 2 N–H and O–H groups in total. The molecule has 0 fully saturated rings. The second kappa shape index (κ2) is 5.39. The second-order valence-corrected chi connectivity index (χ2v) is 4.27. The summed E-state index contributed by atoms with van der Waals surface area (Å²) >= 11 is 0. The fourth-order valence-corrected chi connectivity index (χ4v) is 1.28. The van der Waals surface area contributed by atoms with Gasteiger partial charge in [0.1, 0.15) is 5.82 Å². The van der Waals surface area contributed by atoms with Crippen LogP contribution >= 0.6 is 0 Å². The van der Waals surface area contributed by atoms with Gasteiger partial charge in [0.15, 0.2) is 11.6 Å². The summed E-state index contributed by atoms with van der Waals surface area (Å²) < 4.78 is 39.0. The fourth-order valence-electron chi connectivity index (χ4n) is 1.28. The highest BCUT2D eigenvalue weighted by atomic mass is 19.2. The van der Waals surface area contributed by atoms with Crippen molar-refractivity contribution in [3.63, 3.8) is 0 Å². The number of nitrogens with one attached hydrogen (secondary N) is 1. The number of carbonyl (C=O) groups excluding carboxylic acids is 1. The number of hydrogen-bond acceptors (Lipinski definition) is 2. The van der Waals surface area contributed by atoms with Crippen LogP contribution < -0.4 is 5.32 Å². The molecule has 0 aliphatic heterocycles. The lowest BCUT2D eigenvalue weighted by atomic mass is 9.99. The van der Waals surface area contributed by atoms with E-state index >= 15 is 0 Å². The first-order valence-corrected chi connectivity index (χ1v) is 5.41. The summed E-state index contributed by atoms with van der Waals surface area (Å²) in [6.07, 6.45) is 0.403. The molecule has 0 saturated carbocycles. The summed E-state index contributed by atoms with van der Waals surface area (Å²) in [6.45, 7) is 2.93. The number of halogens is 3. The van der Waals surface area contributed by atoms with Gasteiger partial charge in [0, 0.05) is 6.07 Å². The van der Waals surface area contributed by atoms with Gasteiger partial charge in [-0.25, -0.2) is 13.2 Å². The monoisotopic (exact) mass is 261 g/mol. The minimum absolute atomic E-state index is 0.312. The van der Waals surface area contributed by atoms with Crippen molar-refractivity contribution in [3.05, 3.63) is 35.1 Å². The molecule has 18 heavy (non-hydrogen) atoms. The molecule has 1 atom stereocenters. The first-order valence-electron chi connectivity index (χ1n) is 5.41. The Bertz CT molecular complexity index is 459. The van der Waals surface area contributed by atoms with Crippen molar-refractivity contribution in [1.29, 1.82) is 0 Å². The van der Waals surface area contributed by atoms with Crippen LogP contribution in [0.25, 0.3) is 0 Å². The van der Waals surface area contributed by atoms with Gasteiger partial charge in [-0.05, 0) is 19.4 Å². The highest BCUT2D eigenvalue weighted by Gasteiger charge is 2.26. The van der Waals surface area contributed by atoms with Crippen LogP contribution in [-0.4, -0.2) is 23.2 Å². The van der Waals surface area contributed by atoms with Gasteiger partial charge in [-0.15, -0.1) is 0 Å². The van der Waals surface area contributed by atoms with E-state index in [9.17, 15) is 18.0 Å². The molecule has 0 bridgehead atoms. The van der Waals surface area contributed by atoms with E-state index < -0.39 is 34.5 Å². The van der Waals surface area contributed by atoms with Crippen molar-refractivity contribution >= 4 is 5.91 Å². The third-order valence-electron chi connectivity index (χ3n) is 2.80. The first kappa shape index (κ1) is 14.5. The van der Waals surface area contributed by atoms with Gasteiger partial charge in [0.25, 0.3) is 5.91 Å². The smallest absolute Gasteiger partial charge is 0.254 e. The normalized spacial score (nSPS) is 14.1.